The van der Waals surface area contributed by atoms with Crippen LogP contribution >= 0.6 is 0 Å². The number of nitrogens with one attached hydrogen (secondary N) is 1. The first-order chi connectivity index (χ1) is 17.5. The summed E-state index contributed by atoms with van der Waals surface area (Å²) in [5.74, 6) is 1.02. The predicted octanol–water partition coefficient (Wildman–Crippen LogP) is 5.51. The zero-order chi connectivity index (χ0) is 25.1. The number of anilines is 1. The van der Waals surface area contributed by atoms with E-state index < -0.39 is 0 Å². The molecule has 182 valence electrons. The van der Waals surface area contributed by atoms with E-state index in [2.05, 4.69) is 15.3 Å². The fourth-order valence-electron chi connectivity index (χ4n) is 4.49. The Hall–Kier alpha value is -4.26. The van der Waals surface area contributed by atoms with Gasteiger partial charge in [0.15, 0.2) is 5.76 Å². The van der Waals surface area contributed by atoms with Gasteiger partial charge in [0.05, 0.1) is 17.7 Å². The van der Waals surface area contributed by atoms with Gasteiger partial charge < -0.3 is 14.6 Å². The van der Waals surface area contributed by atoms with Crippen LogP contribution in [0.3, 0.4) is 0 Å². The van der Waals surface area contributed by atoms with Crippen LogP contribution in [0, 0.1) is 19.8 Å². The number of aryl methyl sites for hydroxylation is 2. The van der Waals surface area contributed by atoms with E-state index in [0.717, 1.165) is 29.7 Å². The topological polar surface area (TPSA) is 88.3 Å². The molecule has 2 amide bonds. The maximum absolute atomic E-state index is 13.6. The summed E-state index contributed by atoms with van der Waals surface area (Å²) < 4.78 is 6.06. The second kappa shape index (κ2) is 10.2. The molecule has 1 aliphatic rings. The molecule has 7 heteroatoms. The molecule has 2 aromatic heterocycles. The molecular weight excluding hydrogens is 452 g/mol. The summed E-state index contributed by atoms with van der Waals surface area (Å²) in [4.78, 5) is 37.1. The van der Waals surface area contributed by atoms with E-state index >= 15 is 0 Å². The van der Waals surface area contributed by atoms with Crippen LogP contribution in [-0.2, 0) is 4.79 Å². The van der Waals surface area contributed by atoms with E-state index in [1.807, 2.05) is 68.4 Å². The van der Waals surface area contributed by atoms with E-state index in [-0.39, 0.29) is 17.7 Å². The van der Waals surface area contributed by atoms with Crippen LogP contribution in [0.5, 0.6) is 0 Å². The number of pyridine rings is 1. The fraction of sp³-hybridized carbons (Fsp3) is 0.241. The lowest BCUT2D eigenvalue weighted by molar-refractivity contribution is -0.121. The number of hydrogen-bond donors (Lipinski definition) is 1. The van der Waals surface area contributed by atoms with Gasteiger partial charge in [-0.25, -0.2) is 9.97 Å². The van der Waals surface area contributed by atoms with Crippen LogP contribution in [0.15, 0.2) is 77.3 Å². The SMILES string of the molecule is Cc1ccc(-c2cnc(-c3ccccc3C(=O)N3CCCC(C(=O)Nc4cccc(C)n4)C3)o2)cc1. The van der Waals surface area contributed by atoms with Crippen LogP contribution < -0.4 is 5.32 Å². The van der Waals surface area contributed by atoms with Crippen molar-refractivity contribution in [1.29, 1.82) is 0 Å². The summed E-state index contributed by atoms with van der Waals surface area (Å²) >= 11 is 0. The van der Waals surface area contributed by atoms with Gasteiger partial charge in [0.2, 0.25) is 11.8 Å². The zero-order valence-electron chi connectivity index (χ0n) is 20.4. The van der Waals surface area contributed by atoms with E-state index in [4.69, 9.17) is 4.42 Å². The van der Waals surface area contributed by atoms with Gasteiger partial charge in [0, 0.05) is 29.9 Å². The summed E-state index contributed by atoms with van der Waals surface area (Å²) in [5.41, 5.74) is 4.07. The van der Waals surface area contributed by atoms with Crippen molar-refractivity contribution in [2.45, 2.75) is 26.7 Å². The molecule has 7 nitrogen and oxygen atoms in total. The Balaban J connectivity index is 1.33. The number of aromatic nitrogens is 2. The number of carbonyl (C=O) groups excluding carboxylic acids is 2. The molecule has 0 radical (unpaired) electrons. The zero-order valence-corrected chi connectivity index (χ0v) is 20.4. The molecule has 5 rings (SSSR count). The molecule has 3 heterocycles. The molecule has 0 spiro atoms. The van der Waals surface area contributed by atoms with Crippen molar-refractivity contribution in [3.63, 3.8) is 0 Å². The van der Waals surface area contributed by atoms with Gasteiger partial charge in [0.25, 0.3) is 5.91 Å². The summed E-state index contributed by atoms with van der Waals surface area (Å²) in [6.07, 6.45) is 3.16. The van der Waals surface area contributed by atoms with Gasteiger partial charge in [-0.2, -0.15) is 0 Å². The van der Waals surface area contributed by atoms with Crippen LogP contribution in [0.25, 0.3) is 22.8 Å². The highest BCUT2D eigenvalue weighted by Gasteiger charge is 2.30. The number of oxazole rings is 1. The summed E-state index contributed by atoms with van der Waals surface area (Å²) in [6.45, 7) is 4.86. The van der Waals surface area contributed by atoms with Crippen molar-refractivity contribution < 1.29 is 14.0 Å². The molecule has 0 bridgehead atoms. The highest BCUT2D eigenvalue weighted by atomic mass is 16.4. The average Bonchev–Trinajstić information content (AvgIpc) is 3.39. The Morgan fingerprint density at radius 1 is 1.00 bits per heavy atom. The first-order valence-electron chi connectivity index (χ1n) is 12.1. The monoisotopic (exact) mass is 480 g/mol. The molecule has 0 aliphatic carbocycles. The molecule has 1 unspecified atom stereocenters. The molecule has 36 heavy (non-hydrogen) atoms. The average molecular weight is 481 g/mol. The first-order valence-corrected chi connectivity index (χ1v) is 12.1. The second-order valence-electron chi connectivity index (χ2n) is 9.19. The summed E-state index contributed by atoms with van der Waals surface area (Å²) in [6, 6.07) is 20.9. The van der Waals surface area contributed by atoms with Crippen molar-refractivity contribution in [1.82, 2.24) is 14.9 Å². The van der Waals surface area contributed by atoms with Crippen molar-refractivity contribution in [2.75, 3.05) is 18.4 Å². The Morgan fingerprint density at radius 2 is 1.81 bits per heavy atom. The van der Waals surface area contributed by atoms with Crippen LogP contribution in [0.4, 0.5) is 5.82 Å². The smallest absolute Gasteiger partial charge is 0.254 e. The minimum Gasteiger partial charge on any atom is -0.436 e. The third-order valence-electron chi connectivity index (χ3n) is 6.45. The first kappa shape index (κ1) is 23.5. The fourth-order valence-corrected chi connectivity index (χ4v) is 4.49. The predicted molar refractivity (Wildman–Crippen MR) is 138 cm³/mol. The number of likely N-dealkylation sites (tertiary alicyclic amines) is 1. The number of carbonyl (C=O) groups is 2. The van der Waals surface area contributed by atoms with E-state index in [0.29, 0.717) is 41.7 Å². The number of piperidine rings is 1. The van der Waals surface area contributed by atoms with Crippen LogP contribution in [-0.4, -0.2) is 39.8 Å². The number of rotatable bonds is 5. The highest BCUT2D eigenvalue weighted by Crippen LogP contribution is 2.30. The lowest BCUT2D eigenvalue weighted by Crippen LogP contribution is -2.44. The van der Waals surface area contributed by atoms with Gasteiger partial charge in [0.1, 0.15) is 5.82 Å². The Labute approximate surface area is 210 Å². The third kappa shape index (κ3) is 5.05. The molecule has 1 atom stereocenters. The molecule has 1 fully saturated rings. The van der Waals surface area contributed by atoms with E-state index in [1.165, 1.54) is 0 Å². The molecule has 1 aliphatic heterocycles. The Morgan fingerprint density at radius 3 is 2.61 bits per heavy atom. The van der Waals surface area contributed by atoms with Crippen molar-refractivity contribution in [2.24, 2.45) is 5.92 Å². The number of amides is 2. The van der Waals surface area contributed by atoms with Crippen molar-refractivity contribution in [3.05, 3.63) is 89.7 Å². The van der Waals surface area contributed by atoms with Gasteiger partial charge in [-0.3, -0.25) is 9.59 Å². The summed E-state index contributed by atoms with van der Waals surface area (Å²) in [5, 5.41) is 2.90. The van der Waals surface area contributed by atoms with E-state index in [9.17, 15) is 9.59 Å². The Bertz CT molecular complexity index is 1390. The van der Waals surface area contributed by atoms with Crippen molar-refractivity contribution >= 4 is 17.6 Å². The minimum absolute atomic E-state index is 0.116. The maximum atomic E-state index is 13.6. The van der Waals surface area contributed by atoms with Gasteiger partial charge in [-0.1, -0.05) is 48.0 Å². The molecular formula is C29H28N4O3. The van der Waals surface area contributed by atoms with Crippen molar-refractivity contribution in [3.8, 4) is 22.8 Å². The number of benzene rings is 2. The Kier molecular flexibility index (Phi) is 6.62. The number of hydrogen-bond acceptors (Lipinski definition) is 5. The third-order valence-corrected chi connectivity index (χ3v) is 6.45. The van der Waals surface area contributed by atoms with Gasteiger partial charge >= 0.3 is 0 Å². The van der Waals surface area contributed by atoms with Crippen LogP contribution in [0.1, 0.15) is 34.5 Å². The lowest BCUT2D eigenvalue weighted by atomic mass is 9.95. The molecule has 2 aromatic carbocycles. The normalized spacial score (nSPS) is 15.5. The van der Waals surface area contributed by atoms with E-state index in [1.54, 1.807) is 23.2 Å². The minimum atomic E-state index is -0.299. The second-order valence-corrected chi connectivity index (χ2v) is 9.19. The number of nitrogens with zero attached hydrogens (tertiary/aromatic N) is 3. The highest BCUT2D eigenvalue weighted by molar-refractivity contribution is 6.00. The molecule has 0 saturated carbocycles. The van der Waals surface area contributed by atoms with Crippen LogP contribution in [0.2, 0.25) is 0 Å². The maximum Gasteiger partial charge on any atom is 0.254 e. The summed E-state index contributed by atoms with van der Waals surface area (Å²) in [7, 11) is 0. The molecule has 1 N–H and O–H groups in total. The largest absolute Gasteiger partial charge is 0.436 e. The quantitative estimate of drug-likeness (QED) is 0.407. The molecule has 1 saturated heterocycles. The standard InChI is InChI=1S/C29H28N4O3/c1-19-12-14-21(15-13-19)25-17-30-28(36-25)23-9-3-4-10-24(23)29(35)33-16-6-8-22(18-33)27(34)32-26-11-5-7-20(2)31-26/h3-5,7,9-15,17,22H,6,8,16,18H2,1-2H3,(H,31,32,34). The lowest BCUT2D eigenvalue weighted by Gasteiger charge is -2.32. The van der Waals surface area contributed by atoms with Gasteiger partial charge in [-0.05, 0) is 51.0 Å². The van der Waals surface area contributed by atoms with Gasteiger partial charge in [-0.15, -0.1) is 0 Å². The molecule has 4 aromatic rings.